The lowest BCUT2D eigenvalue weighted by molar-refractivity contribution is 0.317. The molecule has 1 aromatic heterocycles. The Morgan fingerprint density at radius 1 is 1.12 bits per heavy atom. The van der Waals surface area contributed by atoms with E-state index in [4.69, 9.17) is 4.74 Å². The van der Waals surface area contributed by atoms with E-state index in [-0.39, 0.29) is 0 Å². The van der Waals surface area contributed by atoms with Crippen molar-refractivity contribution in [3.8, 4) is 17.0 Å². The van der Waals surface area contributed by atoms with Gasteiger partial charge >= 0.3 is 0 Å². The number of hydrogen-bond donors (Lipinski definition) is 0. The number of hydrogen-bond acceptors (Lipinski definition) is 3. The van der Waals surface area contributed by atoms with E-state index in [9.17, 15) is 0 Å². The minimum absolute atomic E-state index is 0.754. The van der Waals surface area contributed by atoms with Crippen molar-refractivity contribution < 1.29 is 4.74 Å². The normalized spacial score (nSPS) is 10.1. The fourth-order valence-electron chi connectivity index (χ4n) is 1.39. The molecule has 0 radical (unpaired) electrons. The Hall–Kier alpha value is -1.90. The van der Waals surface area contributed by atoms with Gasteiger partial charge in [-0.15, -0.1) is 0 Å². The van der Waals surface area contributed by atoms with Crippen LogP contribution in [-0.4, -0.2) is 16.6 Å². The average molecular weight is 214 g/mol. The smallest absolute Gasteiger partial charge is 0.119 e. The number of nitrogens with zero attached hydrogens (tertiary/aromatic N) is 2. The molecule has 16 heavy (non-hydrogen) atoms. The molecule has 3 heteroatoms. The Kier molecular flexibility index (Phi) is 3.49. The molecule has 0 spiro atoms. The summed E-state index contributed by atoms with van der Waals surface area (Å²) in [6.07, 6.45) is 6.13. The van der Waals surface area contributed by atoms with Crippen LogP contribution in [0.1, 0.15) is 13.3 Å². The zero-order valence-corrected chi connectivity index (χ0v) is 9.26. The maximum absolute atomic E-state index is 5.51. The molecule has 0 fully saturated rings. The molecular formula is C13H14N2O. The lowest BCUT2D eigenvalue weighted by Crippen LogP contribution is -1.94. The molecule has 1 heterocycles. The molecule has 82 valence electrons. The van der Waals surface area contributed by atoms with E-state index in [0.29, 0.717) is 0 Å². The van der Waals surface area contributed by atoms with Crippen LogP contribution in [0.15, 0.2) is 42.9 Å². The van der Waals surface area contributed by atoms with Crippen LogP contribution in [0.5, 0.6) is 5.75 Å². The van der Waals surface area contributed by atoms with Crippen LogP contribution in [0.3, 0.4) is 0 Å². The summed E-state index contributed by atoms with van der Waals surface area (Å²) < 4.78 is 5.51. The van der Waals surface area contributed by atoms with Gasteiger partial charge < -0.3 is 4.74 Å². The van der Waals surface area contributed by atoms with Crippen LogP contribution >= 0.6 is 0 Å². The highest BCUT2D eigenvalue weighted by Gasteiger charge is 1.99. The summed E-state index contributed by atoms with van der Waals surface area (Å²) in [5, 5.41) is 0. The maximum Gasteiger partial charge on any atom is 0.119 e. The minimum atomic E-state index is 0.754. The molecule has 0 aliphatic carbocycles. The molecule has 0 saturated carbocycles. The van der Waals surface area contributed by atoms with E-state index in [2.05, 4.69) is 16.9 Å². The highest BCUT2D eigenvalue weighted by Crippen LogP contribution is 2.19. The van der Waals surface area contributed by atoms with Crippen LogP contribution in [0, 0.1) is 0 Å². The first-order valence-corrected chi connectivity index (χ1v) is 5.39. The Balaban J connectivity index is 2.13. The predicted molar refractivity (Wildman–Crippen MR) is 63.3 cm³/mol. The van der Waals surface area contributed by atoms with Gasteiger partial charge in [0.05, 0.1) is 18.5 Å². The standard InChI is InChI=1S/C13H14N2O/c1-2-9-16-12-5-3-11(4-6-12)13-10-14-7-8-15-13/h3-8,10H,2,9H2,1H3. The Morgan fingerprint density at radius 2 is 1.94 bits per heavy atom. The first-order chi connectivity index (χ1) is 7.90. The summed E-state index contributed by atoms with van der Waals surface area (Å²) in [6.45, 7) is 2.85. The third-order valence-electron chi connectivity index (χ3n) is 2.19. The third-order valence-corrected chi connectivity index (χ3v) is 2.19. The highest BCUT2D eigenvalue weighted by atomic mass is 16.5. The second-order valence-electron chi connectivity index (χ2n) is 3.46. The van der Waals surface area contributed by atoms with E-state index in [1.165, 1.54) is 0 Å². The number of benzene rings is 1. The van der Waals surface area contributed by atoms with Gasteiger partial charge in [-0.1, -0.05) is 6.92 Å². The molecule has 2 aromatic rings. The van der Waals surface area contributed by atoms with Crippen molar-refractivity contribution in [1.82, 2.24) is 9.97 Å². The predicted octanol–water partition coefficient (Wildman–Crippen LogP) is 2.93. The molecule has 0 aliphatic heterocycles. The van der Waals surface area contributed by atoms with Gasteiger partial charge in [-0.2, -0.15) is 0 Å². The van der Waals surface area contributed by atoms with Crippen LogP contribution in [0.25, 0.3) is 11.3 Å². The summed E-state index contributed by atoms with van der Waals surface area (Å²) in [4.78, 5) is 8.28. The monoisotopic (exact) mass is 214 g/mol. The topological polar surface area (TPSA) is 35.0 Å². The molecule has 0 N–H and O–H groups in total. The Morgan fingerprint density at radius 3 is 2.56 bits per heavy atom. The maximum atomic E-state index is 5.51. The highest BCUT2D eigenvalue weighted by molar-refractivity contribution is 5.58. The van der Waals surface area contributed by atoms with Gasteiger partial charge in [0.2, 0.25) is 0 Å². The molecule has 0 unspecified atom stereocenters. The van der Waals surface area contributed by atoms with Gasteiger partial charge in [-0.3, -0.25) is 9.97 Å². The van der Waals surface area contributed by atoms with E-state index in [1.54, 1.807) is 18.6 Å². The first-order valence-electron chi connectivity index (χ1n) is 5.39. The fraction of sp³-hybridized carbons (Fsp3) is 0.231. The molecule has 0 amide bonds. The quantitative estimate of drug-likeness (QED) is 0.784. The number of rotatable bonds is 4. The largest absolute Gasteiger partial charge is 0.494 e. The molecule has 1 aromatic carbocycles. The van der Waals surface area contributed by atoms with Crippen molar-refractivity contribution in [2.45, 2.75) is 13.3 Å². The van der Waals surface area contributed by atoms with Crippen molar-refractivity contribution in [3.63, 3.8) is 0 Å². The van der Waals surface area contributed by atoms with Gasteiger partial charge in [0.25, 0.3) is 0 Å². The van der Waals surface area contributed by atoms with Gasteiger partial charge in [-0.05, 0) is 30.7 Å². The molecule has 3 nitrogen and oxygen atoms in total. The van der Waals surface area contributed by atoms with E-state index >= 15 is 0 Å². The first kappa shape index (κ1) is 10.6. The fourth-order valence-corrected chi connectivity index (χ4v) is 1.39. The van der Waals surface area contributed by atoms with E-state index in [1.807, 2.05) is 24.3 Å². The van der Waals surface area contributed by atoms with Crippen molar-refractivity contribution in [3.05, 3.63) is 42.9 Å². The lowest BCUT2D eigenvalue weighted by atomic mass is 10.1. The molecular weight excluding hydrogens is 200 g/mol. The molecule has 0 saturated heterocycles. The van der Waals surface area contributed by atoms with E-state index < -0.39 is 0 Å². The van der Waals surface area contributed by atoms with Crippen molar-refractivity contribution >= 4 is 0 Å². The minimum Gasteiger partial charge on any atom is -0.494 e. The second kappa shape index (κ2) is 5.26. The molecule has 2 rings (SSSR count). The molecule has 0 aliphatic rings. The second-order valence-corrected chi connectivity index (χ2v) is 3.46. The van der Waals surface area contributed by atoms with Crippen molar-refractivity contribution in [1.29, 1.82) is 0 Å². The van der Waals surface area contributed by atoms with Gasteiger partial charge in [-0.25, -0.2) is 0 Å². The SMILES string of the molecule is CCCOc1ccc(-c2cnccn2)cc1. The summed E-state index contributed by atoms with van der Waals surface area (Å²) in [5.41, 5.74) is 1.93. The number of ether oxygens (including phenoxy) is 1. The Bertz CT molecular complexity index is 425. The van der Waals surface area contributed by atoms with Gasteiger partial charge in [0.1, 0.15) is 5.75 Å². The van der Waals surface area contributed by atoms with Crippen molar-refractivity contribution in [2.75, 3.05) is 6.61 Å². The summed E-state index contributed by atoms with van der Waals surface area (Å²) in [5.74, 6) is 0.898. The van der Waals surface area contributed by atoms with Gasteiger partial charge in [0, 0.05) is 18.0 Å². The van der Waals surface area contributed by atoms with Gasteiger partial charge in [0.15, 0.2) is 0 Å². The Labute approximate surface area is 95.1 Å². The van der Waals surface area contributed by atoms with Crippen LogP contribution in [0.4, 0.5) is 0 Å². The number of aromatic nitrogens is 2. The zero-order chi connectivity index (χ0) is 11.2. The zero-order valence-electron chi connectivity index (χ0n) is 9.26. The molecule has 0 bridgehead atoms. The summed E-state index contributed by atoms with van der Waals surface area (Å²) >= 11 is 0. The average Bonchev–Trinajstić information content (AvgIpc) is 2.38. The lowest BCUT2D eigenvalue weighted by Gasteiger charge is -2.05. The summed E-state index contributed by atoms with van der Waals surface area (Å²) in [7, 11) is 0. The van der Waals surface area contributed by atoms with Crippen LogP contribution in [-0.2, 0) is 0 Å². The summed E-state index contributed by atoms with van der Waals surface area (Å²) in [6, 6.07) is 7.91. The van der Waals surface area contributed by atoms with Crippen LogP contribution < -0.4 is 4.74 Å². The molecule has 0 atom stereocenters. The van der Waals surface area contributed by atoms with E-state index in [0.717, 1.165) is 30.0 Å². The van der Waals surface area contributed by atoms with Crippen LogP contribution in [0.2, 0.25) is 0 Å². The third kappa shape index (κ3) is 2.57. The van der Waals surface area contributed by atoms with Crippen molar-refractivity contribution in [2.24, 2.45) is 0 Å².